The molecular weight excluding hydrogens is 401 g/mol. The Hall–Kier alpha value is -2.57. The van der Waals surface area contributed by atoms with Gasteiger partial charge in [-0.05, 0) is 17.7 Å². The number of nitrogens with zero attached hydrogens (tertiary/aromatic N) is 2. The van der Waals surface area contributed by atoms with E-state index in [1.54, 1.807) is 17.0 Å². The molecule has 1 aliphatic heterocycles. The van der Waals surface area contributed by atoms with Crippen molar-refractivity contribution in [2.75, 3.05) is 20.2 Å². The van der Waals surface area contributed by atoms with Crippen LogP contribution in [0.3, 0.4) is 0 Å². The number of methoxy groups -OCH3 is 1. The number of ether oxygens (including phenoxy) is 1. The second-order valence-electron chi connectivity index (χ2n) is 6.39. The summed E-state index contributed by atoms with van der Waals surface area (Å²) in [6.45, 7) is 0.463. The van der Waals surface area contributed by atoms with E-state index in [0.29, 0.717) is 34.3 Å². The zero-order valence-corrected chi connectivity index (χ0v) is 16.7. The number of hydrogen-bond donors (Lipinski definition) is 1. The molecule has 6 nitrogen and oxygen atoms in total. The Morgan fingerprint density at radius 1 is 1.32 bits per heavy atom. The molecule has 1 atom stereocenters. The van der Waals surface area contributed by atoms with Gasteiger partial charge >= 0.3 is 0 Å². The third kappa shape index (κ3) is 4.82. The minimum absolute atomic E-state index is 0.0451. The molecule has 1 saturated heterocycles. The van der Waals surface area contributed by atoms with Crippen LogP contribution in [0, 0.1) is 0 Å². The van der Waals surface area contributed by atoms with Crippen LogP contribution in [-0.2, 0) is 9.59 Å². The second kappa shape index (κ2) is 9.08. The van der Waals surface area contributed by atoms with Crippen LogP contribution in [0.4, 0.5) is 0 Å². The Bertz CT molecular complexity index is 903. The summed E-state index contributed by atoms with van der Waals surface area (Å²) in [4.78, 5) is 25.9. The summed E-state index contributed by atoms with van der Waals surface area (Å²) in [6, 6.07) is 13.0. The van der Waals surface area contributed by atoms with Crippen LogP contribution in [0.15, 0.2) is 47.6 Å². The fourth-order valence-corrected chi connectivity index (χ4v) is 3.73. The fourth-order valence-electron chi connectivity index (χ4n) is 3.15. The lowest BCUT2D eigenvalue weighted by atomic mass is 9.99. The van der Waals surface area contributed by atoms with Crippen molar-refractivity contribution in [2.24, 2.45) is 5.10 Å². The van der Waals surface area contributed by atoms with Crippen molar-refractivity contribution < 1.29 is 14.3 Å². The van der Waals surface area contributed by atoms with Crippen molar-refractivity contribution >= 4 is 41.2 Å². The van der Waals surface area contributed by atoms with Crippen molar-refractivity contribution in [3.8, 4) is 5.75 Å². The van der Waals surface area contributed by atoms with Gasteiger partial charge in [-0.25, -0.2) is 5.43 Å². The van der Waals surface area contributed by atoms with Crippen LogP contribution in [0.1, 0.15) is 23.5 Å². The van der Waals surface area contributed by atoms with Crippen molar-refractivity contribution in [1.29, 1.82) is 0 Å². The minimum atomic E-state index is -0.384. The molecule has 1 aliphatic rings. The first kappa shape index (κ1) is 20.2. The van der Waals surface area contributed by atoms with E-state index in [1.165, 1.54) is 13.3 Å². The highest BCUT2D eigenvalue weighted by Crippen LogP contribution is 2.31. The van der Waals surface area contributed by atoms with E-state index in [-0.39, 0.29) is 24.3 Å². The number of benzene rings is 2. The van der Waals surface area contributed by atoms with Crippen molar-refractivity contribution in [2.45, 2.75) is 12.3 Å². The van der Waals surface area contributed by atoms with Gasteiger partial charge in [-0.15, -0.1) is 0 Å². The van der Waals surface area contributed by atoms with E-state index in [9.17, 15) is 9.59 Å². The third-order valence-electron chi connectivity index (χ3n) is 4.45. The average molecular weight is 420 g/mol. The number of amides is 2. The molecule has 8 heteroatoms. The topological polar surface area (TPSA) is 71.0 Å². The minimum Gasteiger partial charge on any atom is -0.495 e. The maximum Gasteiger partial charge on any atom is 0.259 e. The molecule has 0 radical (unpaired) electrons. The molecule has 146 valence electrons. The van der Waals surface area contributed by atoms with Gasteiger partial charge in [0.25, 0.3) is 5.91 Å². The Kier molecular flexibility index (Phi) is 6.54. The number of likely N-dealkylation sites (tertiary alicyclic amines) is 1. The molecular formula is C20H19Cl2N3O3. The van der Waals surface area contributed by atoms with Crippen LogP contribution >= 0.6 is 23.2 Å². The number of nitrogens with one attached hydrogen (secondary N) is 1. The Balaban J connectivity index is 1.58. The summed E-state index contributed by atoms with van der Waals surface area (Å²) < 4.78 is 5.22. The molecule has 1 fully saturated rings. The van der Waals surface area contributed by atoms with E-state index in [4.69, 9.17) is 27.9 Å². The number of halogens is 2. The summed E-state index contributed by atoms with van der Waals surface area (Å²) in [5.74, 6) is 0.0778. The second-order valence-corrected chi connectivity index (χ2v) is 7.23. The molecule has 0 unspecified atom stereocenters. The Labute approximate surface area is 173 Å². The van der Waals surface area contributed by atoms with E-state index < -0.39 is 0 Å². The van der Waals surface area contributed by atoms with E-state index in [0.717, 1.165) is 5.56 Å². The van der Waals surface area contributed by atoms with Gasteiger partial charge in [-0.3, -0.25) is 9.59 Å². The third-order valence-corrected chi connectivity index (χ3v) is 4.95. The van der Waals surface area contributed by atoms with E-state index >= 15 is 0 Å². The van der Waals surface area contributed by atoms with Crippen LogP contribution in [-0.4, -0.2) is 43.1 Å². The van der Waals surface area contributed by atoms with Crippen LogP contribution in [0.5, 0.6) is 5.75 Å². The lowest BCUT2D eigenvalue weighted by Gasteiger charge is -2.15. The Morgan fingerprint density at radius 2 is 2.07 bits per heavy atom. The highest BCUT2D eigenvalue weighted by atomic mass is 35.5. The monoisotopic (exact) mass is 419 g/mol. The summed E-state index contributed by atoms with van der Waals surface area (Å²) in [7, 11) is 1.48. The molecule has 0 spiro atoms. The SMILES string of the molecule is COc1c(Cl)cc(Cl)cc1/C=N\NC(=O)CN1C[C@H](c2ccccc2)CC1=O. The average Bonchev–Trinajstić information content (AvgIpc) is 3.02. The largest absolute Gasteiger partial charge is 0.495 e. The molecule has 0 saturated carbocycles. The lowest BCUT2D eigenvalue weighted by molar-refractivity contribution is -0.133. The van der Waals surface area contributed by atoms with Gasteiger partial charge in [0, 0.05) is 29.5 Å². The molecule has 0 aliphatic carbocycles. The molecule has 28 heavy (non-hydrogen) atoms. The van der Waals surface area contributed by atoms with Gasteiger partial charge < -0.3 is 9.64 Å². The fraction of sp³-hybridized carbons (Fsp3) is 0.250. The summed E-state index contributed by atoms with van der Waals surface area (Å²) in [5.41, 5.74) is 4.05. The smallest absolute Gasteiger partial charge is 0.259 e. The first-order valence-electron chi connectivity index (χ1n) is 8.65. The zero-order chi connectivity index (χ0) is 20.1. The zero-order valence-electron chi connectivity index (χ0n) is 15.2. The molecule has 1 heterocycles. The molecule has 2 aromatic carbocycles. The van der Waals surface area contributed by atoms with Crippen LogP contribution in [0.2, 0.25) is 10.0 Å². The molecule has 1 N–H and O–H groups in total. The van der Waals surface area contributed by atoms with Gasteiger partial charge in [-0.2, -0.15) is 5.10 Å². The van der Waals surface area contributed by atoms with Gasteiger partial charge in [0.05, 0.1) is 18.3 Å². The van der Waals surface area contributed by atoms with E-state index in [2.05, 4.69) is 10.5 Å². The van der Waals surface area contributed by atoms with Gasteiger partial charge in [-0.1, -0.05) is 53.5 Å². The Morgan fingerprint density at radius 3 is 2.79 bits per heavy atom. The molecule has 3 rings (SSSR count). The van der Waals surface area contributed by atoms with Gasteiger partial charge in [0.2, 0.25) is 5.91 Å². The number of carbonyl (C=O) groups excluding carboxylic acids is 2. The van der Waals surface area contributed by atoms with Gasteiger partial charge in [0.15, 0.2) is 0 Å². The molecule has 2 amide bonds. The normalized spacial score (nSPS) is 16.6. The predicted molar refractivity (Wildman–Crippen MR) is 109 cm³/mol. The number of hydrogen-bond acceptors (Lipinski definition) is 4. The molecule has 0 bridgehead atoms. The summed E-state index contributed by atoms with van der Waals surface area (Å²) >= 11 is 12.0. The maximum absolute atomic E-state index is 12.2. The standard InChI is InChI=1S/C20H19Cl2N3O3/c1-28-20-14(7-16(21)9-17(20)22)10-23-24-18(26)12-25-11-15(8-19(25)27)13-5-3-2-4-6-13/h2-7,9-10,15H,8,11-12H2,1H3,(H,24,26)/b23-10-/t15-/m1/s1. The van der Waals surface area contributed by atoms with Crippen molar-refractivity contribution in [3.05, 3.63) is 63.6 Å². The quantitative estimate of drug-likeness (QED) is 0.575. The number of hydrazone groups is 1. The highest BCUT2D eigenvalue weighted by molar-refractivity contribution is 6.36. The number of rotatable bonds is 6. The number of carbonyl (C=O) groups is 2. The van der Waals surface area contributed by atoms with E-state index in [1.807, 2.05) is 30.3 Å². The van der Waals surface area contributed by atoms with Crippen molar-refractivity contribution in [1.82, 2.24) is 10.3 Å². The summed E-state index contributed by atoms with van der Waals surface area (Å²) in [6.07, 6.45) is 1.80. The predicted octanol–water partition coefficient (Wildman–Crippen LogP) is 3.47. The summed E-state index contributed by atoms with van der Waals surface area (Å²) in [5, 5.41) is 4.69. The lowest BCUT2D eigenvalue weighted by Crippen LogP contribution is -2.36. The van der Waals surface area contributed by atoms with Gasteiger partial charge in [0.1, 0.15) is 12.3 Å². The molecule has 0 aromatic heterocycles. The molecule has 2 aromatic rings. The maximum atomic E-state index is 12.2. The first-order chi connectivity index (χ1) is 13.5. The highest BCUT2D eigenvalue weighted by Gasteiger charge is 2.31. The first-order valence-corrected chi connectivity index (χ1v) is 9.41. The van der Waals surface area contributed by atoms with Crippen LogP contribution < -0.4 is 10.2 Å². The van der Waals surface area contributed by atoms with Crippen molar-refractivity contribution in [3.63, 3.8) is 0 Å². The van der Waals surface area contributed by atoms with Crippen LogP contribution in [0.25, 0.3) is 0 Å².